The van der Waals surface area contributed by atoms with Crippen LogP contribution in [-0.4, -0.2) is 60.9 Å². The number of carbonyl (C=O) groups excluding carboxylic acids is 2. The van der Waals surface area contributed by atoms with Crippen LogP contribution < -0.4 is 10.6 Å². The zero-order chi connectivity index (χ0) is 36.1. The maximum atomic E-state index is 15.7. The summed E-state index contributed by atoms with van der Waals surface area (Å²) in [7, 11) is 0. The van der Waals surface area contributed by atoms with Crippen molar-refractivity contribution in [3.8, 4) is 0 Å². The van der Waals surface area contributed by atoms with Gasteiger partial charge in [0.2, 0.25) is 0 Å². The van der Waals surface area contributed by atoms with Crippen molar-refractivity contribution in [2.75, 3.05) is 10.6 Å². The minimum atomic E-state index is -0.966. The molecule has 50 heavy (non-hydrogen) atoms. The van der Waals surface area contributed by atoms with Gasteiger partial charge in [-0.1, -0.05) is 0 Å². The molecule has 2 aliphatic carbocycles. The van der Waals surface area contributed by atoms with Crippen LogP contribution in [0.4, 0.5) is 25.6 Å². The molecule has 3 fully saturated rings. The third-order valence-corrected chi connectivity index (χ3v) is 10.2. The monoisotopic (exact) mass is 752 g/mol. The number of ether oxygens (including phenoxy) is 4. The van der Waals surface area contributed by atoms with Crippen molar-refractivity contribution < 1.29 is 32.9 Å². The van der Waals surface area contributed by atoms with Crippen LogP contribution in [0.3, 0.4) is 0 Å². The first-order chi connectivity index (χ1) is 23.3. The number of pyridine rings is 1. The second-order valence-corrected chi connectivity index (χ2v) is 16.9. The number of nitrogen functional groups attached to an aromatic ring is 1. The van der Waals surface area contributed by atoms with Crippen LogP contribution in [0.15, 0.2) is 41.3 Å². The highest BCUT2D eigenvalue weighted by atomic mass is 79.9. The largest absolute Gasteiger partial charge is 0.443 e. The van der Waals surface area contributed by atoms with Crippen molar-refractivity contribution >= 4 is 61.7 Å². The van der Waals surface area contributed by atoms with Gasteiger partial charge in [-0.3, -0.25) is 0 Å². The summed E-state index contributed by atoms with van der Waals surface area (Å²) in [5.41, 5.74) is 5.92. The van der Waals surface area contributed by atoms with Gasteiger partial charge < -0.3 is 29.2 Å². The van der Waals surface area contributed by atoms with Crippen molar-refractivity contribution in [3.05, 3.63) is 52.6 Å². The van der Waals surface area contributed by atoms with Crippen LogP contribution in [-0.2, 0) is 25.4 Å². The van der Waals surface area contributed by atoms with E-state index in [-0.39, 0.29) is 50.8 Å². The summed E-state index contributed by atoms with van der Waals surface area (Å²) in [6.45, 7) is 14.0. The van der Waals surface area contributed by atoms with Gasteiger partial charge in [0.05, 0.1) is 27.5 Å². The number of nitrogens with two attached hydrogens (primary N) is 1. The van der Waals surface area contributed by atoms with Gasteiger partial charge in [0.1, 0.15) is 40.9 Å². The number of rotatable bonds is 5. The van der Waals surface area contributed by atoms with E-state index in [1.54, 1.807) is 47.6 Å². The Hall–Kier alpha value is -3.88. The molecule has 0 radical (unpaired) electrons. The molecule has 1 unspecified atom stereocenters. The summed E-state index contributed by atoms with van der Waals surface area (Å²) >= 11 is 3.40. The van der Waals surface area contributed by atoms with Crippen LogP contribution in [0.25, 0.3) is 21.9 Å². The molecule has 4 aromatic rings. The van der Waals surface area contributed by atoms with Gasteiger partial charge in [-0.25, -0.2) is 28.9 Å². The van der Waals surface area contributed by atoms with E-state index in [4.69, 9.17) is 24.7 Å². The van der Waals surface area contributed by atoms with E-state index in [0.29, 0.717) is 12.2 Å². The lowest BCUT2D eigenvalue weighted by atomic mass is 9.91. The first-order valence-corrected chi connectivity index (χ1v) is 17.5. The molecule has 2 N–H and O–H groups in total. The van der Waals surface area contributed by atoms with Crippen LogP contribution in [0.2, 0.25) is 0 Å². The van der Waals surface area contributed by atoms with Crippen molar-refractivity contribution in [1.29, 1.82) is 0 Å². The molecule has 3 aromatic heterocycles. The Morgan fingerprint density at radius 1 is 1.06 bits per heavy atom. The summed E-state index contributed by atoms with van der Waals surface area (Å²) in [4.78, 5) is 40.8. The van der Waals surface area contributed by atoms with Crippen molar-refractivity contribution in [2.45, 2.75) is 110 Å². The Morgan fingerprint density at radius 2 is 1.74 bits per heavy atom. The van der Waals surface area contributed by atoms with E-state index in [2.05, 4.69) is 35.4 Å². The molecule has 14 heteroatoms. The molecular formula is C36H42BrFN6O6. The van der Waals surface area contributed by atoms with E-state index in [0.717, 1.165) is 34.3 Å². The summed E-state index contributed by atoms with van der Waals surface area (Å²) in [6, 6.07) is 6.74. The molecular weight excluding hydrogens is 711 g/mol. The van der Waals surface area contributed by atoms with Crippen LogP contribution in [0.1, 0.15) is 79.8 Å². The smallest absolute Gasteiger partial charge is 0.425 e. The number of amides is 2. The number of aromatic nitrogens is 4. The number of hydrogen-bond acceptors (Lipinski definition) is 10. The summed E-state index contributed by atoms with van der Waals surface area (Å²) < 4.78 is 42.3. The quantitative estimate of drug-likeness (QED) is 0.214. The number of imide groups is 1. The summed E-state index contributed by atoms with van der Waals surface area (Å²) in [6.07, 6.45) is 3.37. The number of aryl methyl sites for hydroxylation is 1. The second kappa shape index (κ2) is 11.6. The molecule has 1 saturated heterocycles. The molecule has 1 aliphatic heterocycles. The van der Waals surface area contributed by atoms with E-state index in [1.807, 2.05) is 26.1 Å². The zero-order valence-electron chi connectivity index (χ0n) is 29.4. The summed E-state index contributed by atoms with van der Waals surface area (Å²) in [5, 5.41) is 1.03. The predicted octanol–water partition coefficient (Wildman–Crippen LogP) is 7.85. The fourth-order valence-corrected chi connectivity index (χ4v) is 8.15. The molecule has 266 valence electrons. The van der Waals surface area contributed by atoms with Gasteiger partial charge in [-0.2, -0.15) is 4.90 Å². The number of halogens is 2. The lowest BCUT2D eigenvalue weighted by Crippen LogP contribution is -2.44. The van der Waals surface area contributed by atoms with Crippen LogP contribution >= 0.6 is 15.9 Å². The molecule has 2 amide bonds. The predicted molar refractivity (Wildman–Crippen MR) is 188 cm³/mol. The number of nitrogens with zero attached hydrogens (tertiary/aromatic N) is 5. The van der Waals surface area contributed by atoms with E-state index < -0.39 is 35.0 Å². The SMILES string of the molecule is CC(C)(C)OC(=O)N(C(=O)OC(C)(C)C)c1nc2cc(CCC34C[C@@H]3[C@@H](n3ccc5c(N)ncnc53)[C@@H]3OC(C)(C)O[C@@H]34)cc(F)c2cc1Br. The molecule has 4 heterocycles. The number of anilines is 2. The average Bonchev–Trinajstić information content (AvgIpc) is 3.22. The number of carbonyl (C=O) groups is 2. The molecule has 3 aliphatic rings. The molecule has 0 spiro atoms. The molecule has 12 nitrogen and oxygen atoms in total. The number of hydrogen-bond donors (Lipinski definition) is 1. The molecule has 1 aromatic carbocycles. The molecule has 7 rings (SSSR count). The highest BCUT2D eigenvalue weighted by Gasteiger charge is 2.75. The van der Waals surface area contributed by atoms with Gasteiger partial charge >= 0.3 is 12.2 Å². The van der Waals surface area contributed by atoms with Crippen molar-refractivity contribution in [2.24, 2.45) is 11.3 Å². The van der Waals surface area contributed by atoms with Gasteiger partial charge in [-0.15, -0.1) is 0 Å². The topological polar surface area (TPSA) is 144 Å². The second-order valence-electron chi connectivity index (χ2n) is 16.0. The lowest BCUT2D eigenvalue weighted by Gasteiger charge is -2.28. The maximum absolute atomic E-state index is 15.7. The molecule has 2 saturated carbocycles. The lowest BCUT2D eigenvalue weighted by molar-refractivity contribution is -0.161. The Bertz CT molecular complexity index is 2010. The van der Waals surface area contributed by atoms with Crippen LogP contribution in [0.5, 0.6) is 0 Å². The highest BCUT2D eigenvalue weighted by molar-refractivity contribution is 9.10. The van der Waals surface area contributed by atoms with Gasteiger partial charge in [0.25, 0.3) is 0 Å². The minimum Gasteiger partial charge on any atom is -0.443 e. The fraction of sp³-hybridized carbons (Fsp3) is 0.528. The van der Waals surface area contributed by atoms with Gasteiger partial charge in [-0.05, 0) is 126 Å². The third-order valence-electron chi connectivity index (χ3n) is 9.61. The Balaban J connectivity index is 1.20. The van der Waals surface area contributed by atoms with Gasteiger partial charge in [0.15, 0.2) is 11.6 Å². The van der Waals surface area contributed by atoms with E-state index >= 15 is 4.39 Å². The average molecular weight is 754 g/mol. The standard InChI is InChI=1S/C36H42BrFN6O6/c1-33(2,3)49-31(45)44(32(46)50-34(4,5)6)30-22(37)15-20-23(38)13-18(14-24(20)42-30)9-11-36-16-21(36)25(26-27(36)48-35(7,8)47-26)43-12-10-19-28(39)40-17-41-29(19)43/h10,12-15,17,21,25-27H,9,11,16H2,1-8H3,(H2,39,40,41)/t21-,25-,26+,27+,36?/m1/s1. The maximum Gasteiger partial charge on any atom is 0.425 e. The first kappa shape index (κ1) is 34.6. The Kier molecular flexibility index (Phi) is 8.00. The van der Waals surface area contributed by atoms with Gasteiger partial charge in [0, 0.05) is 17.0 Å². The molecule has 0 bridgehead atoms. The van der Waals surface area contributed by atoms with E-state index in [1.165, 1.54) is 18.5 Å². The van der Waals surface area contributed by atoms with Crippen molar-refractivity contribution in [1.82, 2.24) is 19.5 Å². The first-order valence-electron chi connectivity index (χ1n) is 16.7. The van der Waals surface area contributed by atoms with Crippen molar-refractivity contribution in [3.63, 3.8) is 0 Å². The third kappa shape index (κ3) is 6.08. The molecule has 5 atom stereocenters. The zero-order valence-corrected chi connectivity index (χ0v) is 31.0. The van der Waals surface area contributed by atoms with Crippen LogP contribution in [0, 0.1) is 17.2 Å². The summed E-state index contributed by atoms with van der Waals surface area (Å²) in [5.74, 6) is -0.619. The Morgan fingerprint density at radius 3 is 2.40 bits per heavy atom. The van der Waals surface area contributed by atoms with E-state index in [9.17, 15) is 9.59 Å². The number of benzene rings is 1. The Labute approximate surface area is 297 Å². The fourth-order valence-electron chi connectivity index (χ4n) is 7.66. The minimum absolute atomic E-state index is 0.0184. The normalized spacial score (nSPS) is 25.4. The number of fused-ring (bicyclic) bond motifs is 5. The highest BCUT2D eigenvalue weighted by Crippen LogP contribution is 2.73.